The number of benzene rings is 1. The van der Waals surface area contributed by atoms with Crippen LogP contribution in [-0.4, -0.2) is 70.5 Å². The highest BCUT2D eigenvalue weighted by Gasteiger charge is 2.53. The number of piperazine rings is 1. The molecule has 2 N–H and O–H groups in total. The molecule has 198 valence electrons. The molecule has 0 bridgehead atoms. The highest BCUT2D eigenvalue weighted by atomic mass is 16.5. The second kappa shape index (κ2) is 12.1. The Labute approximate surface area is 214 Å². The zero-order valence-corrected chi connectivity index (χ0v) is 21.5. The number of rotatable bonds is 10. The molecule has 8 nitrogen and oxygen atoms in total. The number of nitrogens with zero attached hydrogens (tertiary/aromatic N) is 2. The highest BCUT2D eigenvalue weighted by molar-refractivity contribution is 6.00. The Kier molecular flexibility index (Phi) is 8.88. The lowest BCUT2D eigenvalue weighted by molar-refractivity contribution is -0.162. The van der Waals surface area contributed by atoms with E-state index in [0.29, 0.717) is 31.1 Å². The molecule has 36 heavy (non-hydrogen) atoms. The molecule has 1 aromatic rings. The van der Waals surface area contributed by atoms with Gasteiger partial charge in [0.1, 0.15) is 17.3 Å². The van der Waals surface area contributed by atoms with E-state index in [4.69, 9.17) is 9.84 Å². The van der Waals surface area contributed by atoms with E-state index in [0.717, 1.165) is 44.5 Å². The lowest BCUT2D eigenvalue weighted by Gasteiger charge is -2.52. The summed E-state index contributed by atoms with van der Waals surface area (Å²) in [7, 11) is 0. The van der Waals surface area contributed by atoms with Crippen molar-refractivity contribution in [2.45, 2.75) is 89.3 Å². The van der Waals surface area contributed by atoms with Crippen LogP contribution >= 0.6 is 0 Å². The van der Waals surface area contributed by atoms with Crippen molar-refractivity contribution in [2.75, 3.05) is 26.2 Å². The summed E-state index contributed by atoms with van der Waals surface area (Å²) in [6.45, 7) is 4.65. The topological polar surface area (TPSA) is 99.2 Å². The second-order valence-corrected chi connectivity index (χ2v) is 10.7. The van der Waals surface area contributed by atoms with Crippen molar-refractivity contribution < 1.29 is 24.2 Å². The zero-order valence-electron chi connectivity index (χ0n) is 21.5. The number of carboxylic acids is 1. The Bertz CT molecular complexity index is 904. The first-order valence-corrected chi connectivity index (χ1v) is 13.7. The van der Waals surface area contributed by atoms with Crippen LogP contribution in [0.1, 0.15) is 76.7 Å². The van der Waals surface area contributed by atoms with Gasteiger partial charge in [0, 0.05) is 26.2 Å². The molecule has 1 aromatic carbocycles. The third-order valence-electron chi connectivity index (χ3n) is 8.21. The van der Waals surface area contributed by atoms with Gasteiger partial charge in [0.25, 0.3) is 0 Å². The van der Waals surface area contributed by atoms with Gasteiger partial charge >= 0.3 is 5.97 Å². The van der Waals surface area contributed by atoms with Crippen molar-refractivity contribution >= 4 is 17.8 Å². The van der Waals surface area contributed by atoms with E-state index in [1.165, 1.54) is 32.1 Å². The number of carboxylic acid groups (broad SMARTS) is 1. The molecular weight excluding hydrogens is 458 g/mol. The van der Waals surface area contributed by atoms with Gasteiger partial charge in [0.05, 0.1) is 0 Å². The number of nitrogens with one attached hydrogen (secondary N) is 1. The fourth-order valence-electron chi connectivity index (χ4n) is 6.10. The number of carbonyl (C=O) groups excluding carboxylic acids is 2. The summed E-state index contributed by atoms with van der Waals surface area (Å²) >= 11 is 0. The molecule has 2 amide bonds. The van der Waals surface area contributed by atoms with Crippen LogP contribution in [0.15, 0.2) is 24.3 Å². The minimum absolute atomic E-state index is 0.0404. The molecule has 1 aliphatic carbocycles. The Hall–Kier alpha value is -2.61. The minimum Gasteiger partial charge on any atom is -0.482 e. The summed E-state index contributed by atoms with van der Waals surface area (Å²) in [5, 5.41) is 11.9. The largest absolute Gasteiger partial charge is 0.482 e. The maximum absolute atomic E-state index is 13.7. The lowest BCUT2D eigenvalue weighted by Crippen LogP contribution is -2.73. The SMILES string of the molecule is CCCCN1C(=O)C(CC2CCCCC2)NC(=O)C12CCN(Cc1ccc(OCC(=O)O)cc1)CC2. The van der Waals surface area contributed by atoms with Gasteiger partial charge in [-0.3, -0.25) is 14.5 Å². The van der Waals surface area contributed by atoms with Crippen LogP contribution in [0.25, 0.3) is 0 Å². The van der Waals surface area contributed by atoms with E-state index >= 15 is 0 Å². The Morgan fingerprint density at radius 3 is 2.44 bits per heavy atom. The molecular formula is C28H41N3O5. The number of likely N-dealkylation sites (tertiary alicyclic amines) is 1. The molecule has 1 unspecified atom stereocenters. The van der Waals surface area contributed by atoms with Gasteiger partial charge in [-0.15, -0.1) is 0 Å². The lowest BCUT2D eigenvalue weighted by atomic mass is 9.79. The highest BCUT2D eigenvalue weighted by Crippen LogP contribution is 2.36. The van der Waals surface area contributed by atoms with E-state index in [2.05, 4.69) is 17.1 Å². The third-order valence-corrected chi connectivity index (χ3v) is 8.21. The average Bonchev–Trinajstić information content (AvgIpc) is 2.88. The average molecular weight is 500 g/mol. The quantitative estimate of drug-likeness (QED) is 0.511. The van der Waals surface area contributed by atoms with Crippen LogP contribution in [0.3, 0.4) is 0 Å². The first-order chi connectivity index (χ1) is 17.4. The molecule has 2 saturated heterocycles. The van der Waals surface area contributed by atoms with E-state index < -0.39 is 11.5 Å². The maximum atomic E-state index is 13.7. The van der Waals surface area contributed by atoms with Gasteiger partial charge in [-0.05, 0) is 49.3 Å². The Morgan fingerprint density at radius 2 is 1.81 bits per heavy atom. The van der Waals surface area contributed by atoms with E-state index in [1.54, 1.807) is 12.1 Å². The van der Waals surface area contributed by atoms with Crippen molar-refractivity contribution in [3.8, 4) is 5.75 Å². The van der Waals surface area contributed by atoms with E-state index in [-0.39, 0.29) is 24.5 Å². The van der Waals surface area contributed by atoms with Gasteiger partial charge < -0.3 is 20.1 Å². The third kappa shape index (κ3) is 6.20. The zero-order chi connectivity index (χ0) is 25.5. The maximum Gasteiger partial charge on any atom is 0.341 e. The monoisotopic (exact) mass is 499 g/mol. The first-order valence-electron chi connectivity index (χ1n) is 13.7. The second-order valence-electron chi connectivity index (χ2n) is 10.7. The fourth-order valence-corrected chi connectivity index (χ4v) is 6.10. The number of unbranched alkanes of at least 4 members (excludes halogenated alkanes) is 1. The molecule has 3 fully saturated rings. The predicted molar refractivity (Wildman–Crippen MR) is 137 cm³/mol. The van der Waals surface area contributed by atoms with E-state index in [1.807, 2.05) is 17.0 Å². The molecule has 0 radical (unpaired) electrons. The fraction of sp³-hybridized carbons (Fsp3) is 0.679. The van der Waals surface area contributed by atoms with Crippen LogP contribution in [0.5, 0.6) is 5.75 Å². The molecule has 2 aliphatic heterocycles. The van der Waals surface area contributed by atoms with Crippen LogP contribution in [0.2, 0.25) is 0 Å². The smallest absolute Gasteiger partial charge is 0.341 e. The van der Waals surface area contributed by atoms with Gasteiger partial charge in [-0.25, -0.2) is 4.79 Å². The minimum atomic E-state index is -1.00. The first kappa shape index (κ1) is 26.5. The Morgan fingerprint density at radius 1 is 1.11 bits per heavy atom. The molecule has 1 atom stereocenters. The summed E-state index contributed by atoms with van der Waals surface area (Å²) in [5.74, 6) is 0.237. The number of carbonyl (C=O) groups is 3. The van der Waals surface area contributed by atoms with Crippen LogP contribution < -0.4 is 10.1 Å². The molecule has 1 saturated carbocycles. The molecule has 4 rings (SSSR count). The van der Waals surface area contributed by atoms with Crippen LogP contribution in [-0.2, 0) is 20.9 Å². The molecule has 3 aliphatic rings. The van der Waals surface area contributed by atoms with Crippen molar-refractivity contribution in [1.29, 1.82) is 0 Å². The molecule has 1 spiro atoms. The van der Waals surface area contributed by atoms with Crippen LogP contribution in [0.4, 0.5) is 0 Å². The molecule has 0 aromatic heterocycles. The number of ether oxygens (including phenoxy) is 1. The summed E-state index contributed by atoms with van der Waals surface area (Å²) in [6.07, 6.45) is 10.1. The number of amides is 2. The summed E-state index contributed by atoms with van der Waals surface area (Å²) in [5.41, 5.74) is 0.369. The van der Waals surface area contributed by atoms with Crippen molar-refractivity contribution in [3.63, 3.8) is 0 Å². The van der Waals surface area contributed by atoms with Crippen molar-refractivity contribution in [2.24, 2.45) is 5.92 Å². The summed E-state index contributed by atoms with van der Waals surface area (Å²) < 4.78 is 5.21. The number of hydrogen-bond donors (Lipinski definition) is 2. The number of piperidine rings is 1. The number of aliphatic carboxylic acids is 1. The van der Waals surface area contributed by atoms with Gasteiger partial charge in [-0.1, -0.05) is 57.6 Å². The van der Waals surface area contributed by atoms with Gasteiger partial charge in [-0.2, -0.15) is 0 Å². The van der Waals surface area contributed by atoms with E-state index in [9.17, 15) is 14.4 Å². The normalized spacial score (nSPS) is 23.0. The molecule has 8 heteroatoms. The molecule has 2 heterocycles. The van der Waals surface area contributed by atoms with Gasteiger partial charge in [0.2, 0.25) is 11.8 Å². The Balaban J connectivity index is 1.38. The van der Waals surface area contributed by atoms with Crippen LogP contribution in [0, 0.1) is 5.92 Å². The summed E-state index contributed by atoms with van der Waals surface area (Å²) in [4.78, 5) is 42.2. The van der Waals surface area contributed by atoms with Crippen molar-refractivity contribution in [3.05, 3.63) is 29.8 Å². The predicted octanol–water partition coefficient (Wildman–Crippen LogP) is 3.58. The standard InChI is InChI=1S/C28H41N3O5/c1-2-3-15-31-26(34)24(18-21-7-5-4-6-8-21)29-27(35)28(31)13-16-30(17-14-28)19-22-9-11-23(12-10-22)36-20-25(32)33/h9-12,21,24H,2-8,13-20H2,1H3,(H,29,35)(H,32,33). The van der Waals surface area contributed by atoms with Gasteiger partial charge in [0.15, 0.2) is 6.61 Å². The number of hydrogen-bond acceptors (Lipinski definition) is 5. The van der Waals surface area contributed by atoms with Crippen molar-refractivity contribution in [1.82, 2.24) is 15.1 Å². The summed E-state index contributed by atoms with van der Waals surface area (Å²) in [6, 6.07) is 7.10.